The standard InChI is InChI=1S/C13H16N4/c1-13(7-8-14-9-13)12-15-11(16-17-12)10-5-3-2-4-6-10/h2-6,14H,7-9H2,1H3,(H,15,16,17). The van der Waals surface area contributed by atoms with E-state index in [1.165, 1.54) is 0 Å². The van der Waals surface area contributed by atoms with Gasteiger partial charge in [0, 0.05) is 17.5 Å². The second kappa shape index (κ2) is 3.96. The van der Waals surface area contributed by atoms with Crippen molar-refractivity contribution in [1.82, 2.24) is 20.5 Å². The lowest BCUT2D eigenvalue weighted by Crippen LogP contribution is -2.26. The van der Waals surface area contributed by atoms with Crippen LogP contribution in [0.25, 0.3) is 11.4 Å². The number of aromatic nitrogens is 3. The van der Waals surface area contributed by atoms with Crippen LogP contribution in [0.5, 0.6) is 0 Å². The minimum atomic E-state index is 0.0973. The molecule has 2 aromatic rings. The Labute approximate surface area is 100 Å². The van der Waals surface area contributed by atoms with Crippen molar-refractivity contribution in [2.45, 2.75) is 18.8 Å². The molecule has 1 unspecified atom stereocenters. The van der Waals surface area contributed by atoms with Gasteiger partial charge in [0.05, 0.1) is 0 Å². The van der Waals surface area contributed by atoms with Gasteiger partial charge >= 0.3 is 0 Å². The number of rotatable bonds is 2. The molecule has 0 radical (unpaired) electrons. The van der Waals surface area contributed by atoms with Crippen LogP contribution < -0.4 is 5.32 Å². The summed E-state index contributed by atoms with van der Waals surface area (Å²) in [6.07, 6.45) is 1.11. The fraction of sp³-hybridized carbons (Fsp3) is 0.385. The zero-order valence-electron chi connectivity index (χ0n) is 9.90. The molecule has 1 fully saturated rings. The third kappa shape index (κ3) is 1.85. The van der Waals surface area contributed by atoms with E-state index < -0.39 is 0 Å². The Morgan fingerprint density at radius 1 is 1.24 bits per heavy atom. The maximum Gasteiger partial charge on any atom is 0.181 e. The number of hydrogen-bond donors (Lipinski definition) is 2. The summed E-state index contributed by atoms with van der Waals surface area (Å²) in [7, 11) is 0. The van der Waals surface area contributed by atoms with Gasteiger partial charge in [-0.3, -0.25) is 5.10 Å². The van der Waals surface area contributed by atoms with Crippen molar-refractivity contribution in [2.24, 2.45) is 0 Å². The van der Waals surface area contributed by atoms with Gasteiger partial charge in [0.2, 0.25) is 0 Å². The Hall–Kier alpha value is -1.68. The Morgan fingerprint density at radius 3 is 2.76 bits per heavy atom. The van der Waals surface area contributed by atoms with Gasteiger partial charge < -0.3 is 5.32 Å². The van der Waals surface area contributed by atoms with Crippen molar-refractivity contribution in [2.75, 3.05) is 13.1 Å². The summed E-state index contributed by atoms with van der Waals surface area (Å²) in [5.41, 5.74) is 1.16. The average molecular weight is 228 g/mol. The zero-order valence-corrected chi connectivity index (χ0v) is 9.90. The molecule has 1 saturated heterocycles. The van der Waals surface area contributed by atoms with E-state index in [1.807, 2.05) is 30.3 Å². The number of nitrogens with zero attached hydrogens (tertiary/aromatic N) is 2. The molecule has 0 spiro atoms. The summed E-state index contributed by atoms with van der Waals surface area (Å²) in [6.45, 7) is 4.25. The predicted octanol–water partition coefficient (Wildman–Crippen LogP) is 1.72. The van der Waals surface area contributed by atoms with Gasteiger partial charge in [0.15, 0.2) is 5.82 Å². The molecule has 4 nitrogen and oxygen atoms in total. The highest BCUT2D eigenvalue weighted by Crippen LogP contribution is 2.28. The summed E-state index contributed by atoms with van der Waals surface area (Å²) >= 11 is 0. The minimum Gasteiger partial charge on any atom is -0.316 e. The van der Waals surface area contributed by atoms with E-state index in [0.717, 1.165) is 36.7 Å². The van der Waals surface area contributed by atoms with Crippen molar-refractivity contribution < 1.29 is 0 Å². The molecular formula is C13H16N4. The molecular weight excluding hydrogens is 212 g/mol. The number of hydrogen-bond acceptors (Lipinski definition) is 3. The van der Waals surface area contributed by atoms with Gasteiger partial charge in [-0.2, -0.15) is 5.10 Å². The van der Waals surface area contributed by atoms with Crippen molar-refractivity contribution in [3.63, 3.8) is 0 Å². The zero-order chi connectivity index (χ0) is 11.7. The van der Waals surface area contributed by atoms with Crippen LogP contribution in [0, 0.1) is 0 Å². The van der Waals surface area contributed by atoms with Gasteiger partial charge in [0.25, 0.3) is 0 Å². The summed E-state index contributed by atoms with van der Waals surface area (Å²) in [5, 5.41) is 10.8. The Kier molecular flexibility index (Phi) is 2.44. The van der Waals surface area contributed by atoms with Gasteiger partial charge in [-0.1, -0.05) is 37.3 Å². The van der Waals surface area contributed by atoms with E-state index in [2.05, 4.69) is 27.4 Å². The predicted molar refractivity (Wildman–Crippen MR) is 66.7 cm³/mol. The van der Waals surface area contributed by atoms with Gasteiger partial charge in [-0.15, -0.1) is 0 Å². The highest BCUT2D eigenvalue weighted by molar-refractivity contribution is 5.54. The van der Waals surface area contributed by atoms with Crippen LogP contribution >= 0.6 is 0 Å². The van der Waals surface area contributed by atoms with E-state index in [1.54, 1.807) is 0 Å². The first-order valence-electron chi connectivity index (χ1n) is 5.97. The molecule has 88 valence electrons. The average Bonchev–Trinajstić information content (AvgIpc) is 2.99. The first-order chi connectivity index (χ1) is 8.28. The summed E-state index contributed by atoms with van der Waals surface area (Å²) in [6, 6.07) is 10.1. The molecule has 1 atom stereocenters. The SMILES string of the molecule is CC1(c2nc(-c3ccccc3)n[nH]2)CCNC1. The normalized spacial score (nSPS) is 24.1. The lowest BCUT2D eigenvalue weighted by molar-refractivity contribution is 0.491. The number of H-pyrrole nitrogens is 1. The topological polar surface area (TPSA) is 53.6 Å². The van der Waals surface area contributed by atoms with Crippen molar-refractivity contribution in [1.29, 1.82) is 0 Å². The smallest absolute Gasteiger partial charge is 0.181 e. The molecule has 0 aliphatic carbocycles. The van der Waals surface area contributed by atoms with Crippen LogP contribution in [-0.2, 0) is 5.41 Å². The molecule has 4 heteroatoms. The second-order valence-corrected chi connectivity index (χ2v) is 4.86. The molecule has 0 amide bonds. The molecule has 0 bridgehead atoms. The monoisotopic (exact) mass is 228 g/mol. The van der Waals surface area contributed by atoms with Crippen LogP contribution in [0.1, 0.15) is 19.2 Å². The molecule has 2 heterocycles. The van der Waals surface area contributed by atoms with Gasteiger partial charge in [-0.05, 0) is 13.0 Å². The Morgan fingerprint density at radius 2 is 2.06 bits per heavy atom. The highest BCUT2D eigenvalue weighted by atomic mass is 15.2. The lowest BCUT2D eigenvalue weighted by Gasteiger charge is -2.18. The van der Waals surface area contributed by atoms with Crippen LogP contribution in [0.3, 0.4) is 0 Å². The van der Waals surface area contributed by atoms with Crippen molar-refractivity contribution in [3.8, 4) is 11.4 Å². The fourth-order valence-corrected chi connectivity index (χ4v) is 2.27. The van der Waals surface area contributed by atoms with E-state index in [9.17, 15) is 0 Å². The van der Waals surface area contributed by atoms with E-state index >= 15 is 0 Å². The molecule has 1 aromatic carbocycles. The maximum absolute atomic E-state index is 4.63. The van der Waals surface area contributed by atoms with Crippen molar-refractivity contribution in [3.05, 3.63) is 36.2 Å². The summed E-state index contributed by atoms with van der Waals surface area (Å²) in [4.78, 5) is 4.63. The number of benzene rings is 1. The van der Waals surface area contributed by atoms with Gasteiger partial charge in [0.1, 0.15) is 5.82 Å². The van der Waals surface area contributed by atoms with Crippen LogP contribution in [-0.4, -0.2) is 28.3 Å². The first-order valence-corrected chi connectivity index (χ1v) is 5.97. The molecule has 1 aliphatic rings. The maximum atomic E-state index is 4.63. The van der Waals surface area contributed by atoms with Crippen LogP contribution in [0.15, 0.2) is 30.3 Å². The number of aromatic amines is 1. The molecule has 1 aromatic heterocycles. The van der Waals surface area contributed by atoms with Crippen LogP contribution in [0.2, 0.25) is 0 Å². The Bertz CT molecular complexity index is 497. The van der Waals surface area contributed by atoms with E-state index in [4.69, 9.17) is 0 Å². The quantitative estimate of drug-likeness (QED) is 0.823. The van der Waals surface area contributed by atoms with E-state index in [0.29, 0.717) is 0 Å². The molecule has 1 aliphatic heterocycles. The fourth-order valence-electron chi connectivity index (χ4n) is 2.27. The molecule has 2 N–H and O–H groups in total. The lowest BCUT2D eigenvalue weighted by atomic mass is 9.89. The largest absolute Gasteiger partial charge is 0.316 e. The number of nitrogens with one attached hydrogen (secondary N) is 2. The molecule has 17 heavy (non-hydrogen) atoms. The molecule has 3 rings (SSSR count). The minimum absolute atomic E-state index is 0.0973. The first kappa shape index (κ1) is 10.5. The molecule has 0 saturated carbocycles. The van der Waals surface area contributed by atoms with Crippen LogP contribution in [0.4, 0.5) is 0 Å². The third-order valence-electron chi connectivity index (χ3n) is 3.46. The summed E-state index contributed by atoms with van der Waals surface area (Å²) in [5.74, 6) is 1.77. The van der Waals surface area contributed by atoms with Crippen molar-refractivity contribution >= 4 is 0 Å². The Balaban J connectivity index is 1.93. The van der Waals surface area contributed by atoms with E-state index in [-0.39, 0.29) is 5.41 Å². The summed E-state index contributed by atoms with van der Waals surface area (Å²) < 4.78 is 0. The van der Waals surface area contributed by atoms with Gasteiger partial charge in [-0.25, -0.2) is 4.98 Å². The second-order valence-electron chi connectivity index (χ2n) is 4.86. The highest BCUT2D eigenvalue weighted by Gasteiger charge is 2.33. The third-order valence-corrected chi connectivity index (χ3v) is 3.46.